The Hall–Kier alpha value is -2.95. The molecule has 5 nitrogen and oxygen atoms in total. The van der Waals surface area contributed by atoms with Crippen LogP contribution < -0.4 is 20.1 Å². The molecule has 0 radical (unpaired) electrons. The molecule has 0 unspecified atom stereocenters. The molecule has 1 fully saturated rings. The molecule has 28 heavy (non-hydrogen) atoms. The van der Waals surface area contributed by atoms with Gasteiger partial charge in [0.1, 0.15) is 5.82 Å². The molecule has 0 amide bonds. The van der Waals surface area contributed by atoms with Gasteiger partial charge in [-0.1, -0.05) is 30.3 Å². The molecule has 1 aromatic heterocycles. The molecule has 1 aliphatic rings. The summed E-state index contributed by atoms with van der Waals surface area (Å²) in [4.78, 5) is 7.03. The lowest BCUT2D eigenvalue weighted by molar-refractivity contribution is 0.358. The number of ether oxygens (including phenoxy) is 2. The lowest BCUT2D eigenvalue weighted by Crippen LogP contribution is -2.35. The first-order chi connectivity index (χ1) is 13.7. The number of benzene rings is 2. The molecule has 3 aromatic rings. The van der Waals surface area contributed by atoms with E-state index in [0.717, 1.165) is 48.9 Å². The second-order valence-corrected chi connectivity index (χ2v) is 7.38. The third kappa shape index (κ3) is 3.44. The fourth-order valence-electron chi connectivity index (χ4n) is 4.23. The van der Waals surface area contributed by atoms with Crippen LogP contribution in [-0.2, 0) is 6.42 Å². The van der Waals surface area contributed by atoms with Crippen molar-refractivity contribution in [3.63, 3.8) is 0 Å². The van der Waals surface area contributed by atoms with Gasteiger partial charge in [-0.15, -0.1) is 0 Å². The minimum atomic E-state index is 0.645. The molecule has 0 saturated carbocycles. The van der Waals surface area contributed by atoms with Crippen molar-refractivity contribution in [2.45, 2.75) is 19.3 Å². The molecule has 0 bridgehead atoms. The first-order valence-corrected chi connectivity index (χ1v) is 9.79. The first-order valence-electron chi connectivity index (χ1n) is 9.79. The lowest BCUT2D eigenvalue weighted by Gasteiger charge is -2.33. The van der Waals surface area contributed by atoms with Crippen molar-refractivity contribution in [3.8, 4) is 11.5 Å². The quantitative estimate of drug-likeness (QED) is 0.672. The van der Waals surface area contributed by atoms with E-state index in [1.54, 1.807) is 14.2 Å². The number of hydrogen-bond acceptors (Lipinski definition) is 5. The lowest BCUT2D eigenvalue weighted by atomic mass is 9.90. The van der Waals surface area contributed by atoms with E-state index in [2.05, 4.69) is 40.2 Å². The number of nitrogens with zero attached hydrogens (tertiary/aromatic N) is 2. The van der Waals surface area contributed by atoms with Crippen LogP contribution in [0.2, 0.25) is 0 Å². The van der Waals surface area contributed by atoms with Crippen LogP contribution in [0.1, 0.15) is 18.4 Å². The van der Waals surface area contributed by atoms with Crippen molar-refractivity contribution < 1.29 is 9.47 Å². The Morgan fingerprint density at radius 2 is 1.82 bits per heavy atom. The average Bonchev–Trinajstić information content (AvgIpc) is 2.74. The van der Waals surface area contributed by atoms with E-state index < -0.39 is 0 Å². The van der Waals surface area contributed by atoms with E-state index in [0.29, 0.717) is 23.1 Å². The number of methoxy groups -OCH3 is 2. The monoisotopic (exact) mass is 377 g/mol. The molecular formula is C23H27N3O2. The van der Waals surface area contributed by atoms with Gasteiger partial charge in [0.25, 0.3) is 0 Å². The smallest absolute Gasteiger partial charge is 0.168 e. The summed E-state index contributed by atoms with van der Waals surface area (Å²) >= 11 is 0. The van der Waals surface area contributed by atoms with E-state index in [1.165, 1.54) is 5.56 Å². The minimum absolute atomic E-state index is 0.645. The molecule has 1 aliphatic heterocycles. The van der Waals surface area contributed by atoms with Gasteiger partial charge in [-0.2, -0.15) is 0 Å². The third-order valence-corrected chi connectivity index (χ3v) is 5.68. The van der Waals surface area contributed by atoms with Gasteiger partial charge in [0.05, 0.1) is 19.6 Å². The number of hydrogen-bond donors (Lipinski definition) is 1. The van der Waals surface area contributed by atoms with E-state index in [4.69, 9.17) is 15.2 Å². The van der Waals surface area contributed by atoms with Crippen LogP contribution in [0.4, 0.5) is 11.5 Å². The van der Waals surface area contributed by atoms with Gasteiger partial charge in [-0.3, -0.25) is 0 Å². The summed E-state index contributed by atoms with van der Waals surface area (Å²) in [5.41, 5.74) is 8.48. The maximum atomic E-state index is 6.39. The molecule has 2 heterocycles. The van der Waals surface area contributed by atoms with Gasteiger partial charge in [-0.05, 0) is 36.8 Å². The molecule has 146 valence electrons. The highest BCUT2D eigenvalue weighted by Gasteiger charge is 2.24. The maximum Gasteiger partial charge on any atom is 0.168 e. The van der Waals surface area contributed by atoms with Crippen LogP contribution in [0.5, 0.6) is 11.5 Å². The van der Waals surface area contributed by atoms with E-state index in [9.17, 15) is 0 Å². The molecule has 0 aliphatic carbocycles. The Bertz CT molecular complexity index is 951. The summed E-state index contributed by atoms with van der Waals surface area (Å²) < 4.78 is 11.0. The Morgan fingerprint density at radius 3 is 2.50 bits per heavy atom. The molecule has 1 saturated heterocycles. The van der Waals surface area contributed by atoms with Crippen molar-refractivity contribution in [3.05, 3.63) is 54.2 Å². The van der Waals surface area contributed by atoms with Crippen LogP contribution in [-0.4, -0.2) is 32.3 Å². The van der Waals surface area contributed by atoms with Crippen LogP contribution >= 0.6 is 0 Å². The average molecular weight is 377 g/mol. The number of pyridine rings is 1. The topological polar surface area (TPSA) is 60.6 Å². The highest BCUT2D eigenvalue weighted by atomic mass is 16.5. The van der Waals surface area contributed by atoms with Crippen molar-refractivity contribution in [2.75, 3.05) is 37.9 Å². The standard InChI is InChI=1S/C23H27N3O2/c1-27-20-15-19(24)21-18(22(20)28-2)8-11-25-23(21)26-12-9-17(10-13-26)14-16-6-4-3-5-7-16/h3-8,11,15,17H,9-10,12-14,24H2,1-2H3. The molecule has 0 atom stereocenters. The fraction of sp³-hybridized carbons (Fsp3) is 0.348. The van der Waals surface area contributed by atoms with Crippen LogP contribution in [0.25, 0.3) is 10.8 Å². The SMILES string of the molecule is COc1cc(N)c2c(N3CCC(Cc4ccccc4)CC3)nccc2c1OC. The summed E-state index contributed by atoms with van der Waals surface area (Å²) in [6, 6.07) is 14.5. The molecule has 5 heteroatoms. The van der Waals surface area contributed by atoms with Gasteiger partial charge >= 0.3 is 0 Å². The predicted octanol–water partition coefficient (Wildman–Crippen LogP) is 4.29. The highest BCUT2D eigenvalue weighted by Crippen LogP contribution is 2.42. The number of nitrogen functional groups attached to an aromatic ring is 1. The number of aromatic nitrogens is 1. The van der Waals surface area contributed by atoms with Crippen molar-refractivity contribution in [1.29, 1.82) is 0 Å². The molecule has 4 rings (SSSR count). The number of piperidine rings is 1. The number of rotatable bonds is 5. The zero-order chi connectivity index (χ0) is 19.5. The Labute approximate surface area is 166 Å². The second-order valence-electron chi connectivity index (χ2n) is 7.38. The summed E-state index contributed by atoms with van der Waals surface area (Å²) in [5.74, 6) is 3.00. The minimum Gasteiger partial charge on any atom is -0.493 e. The van der Waals surface area contributed by atoms with Crippen molar-refractivity contribution in [2.24, 2.45) is 5.92 Å². The van der Waals surface area contributed by atoms with Gasteiger partial charge in [0.2, 0.25) is 0 Å². The highest BCUT2D eigenvalue weighted by molar-refractivity contribution is 6.05. The number of anilines is 2. The zero-order valence-corrected chi connectivity index (χ0v) is 16.5. The van der Waals surface area contributed by atoms with Gasteiger partial charge < -0.3 is 20.1 Å². The molecular weight excluding hydrogens is 350 g/mol. The number of nitrogens with two attached hydrogens (primary N) is 1. The summed E-state index contributed by atoms with van der Waals surface area (Å²) in [7, 11) is 3.28. The summed E-state index contributed by atoms with van der Waals surface area (Å²) in [6.45, 7) is 1.97. The normalized spacial score (nSPS) is 15.0. The fourth-order valence-corrected chi connectivity index (χ4v) is 4.23. The van der Waals surface area contributed by atoms with Crippen LogP contribution in [0.3, 0.4) is 0 Å². The Balaban J connectivity index is 1.59. The van der Waals surface area contributed by atoms with E-state index >= 15 is 0 Å². The number of fused-ring (bicyclic) bond motifs is 1. The first kappa shape index (κ1) is 18.4. The van der Waals surface area contributed by atoms with Crippen LogP contribution in [0, 0.1) is 5.92 Å². The summed E-state index contributed by atoms with van der Waals surface area (Å²) in [5, 5.41) is 1.89. The van der Waals surface area contributed by atoms with Gasteiger partial charge in [0.15, 0.2) is 11.5 Å². The predicted molar refractivity (Wildman–Crippen MR) is 114 cm³/mol. The van der Waals surface area contributed by atoms with E-state index in [-0.39, 0.29) is 0 Å². The van der Waals surface area contributed by atoms with Crippen molar-refractivity contribution >= 4 is 22.3 Å². The molecule has 2 N–H and O–H groups in total. The Morgan fingerprint density at radius 1 is 1.07 bits per heavy atom. The third-order valence-electron chi connectivity index (χ3n) is 5.68. The molecule has 0 spiro atoms. The second kappa shape index (κ2) is 7.97. The summed E-state index contributed by atoms with van der Waals surface area (Å²) in [6.07, 6.45) is 5.28. The van der Waals surface area contributed by atoms with E-state index in [1.807, 2.05) is 18.3 Å². The maximum absolute atomic E-state index is 6.39. The van der Waals surface area contributed by atoms with Crippen LogP contribution in [0.15, 0.2) is 48.7 Å². The van der Waals surface area contributed by atoms with Gasteiger partial charge in [0, 0.05) is 36.4 Å². The zero-order valence-electron chi connectivity index (χ0n) is 16.5. The largest absolute Gasteiger partial charge is 0.493 e. The van der Waals surface area contributed by atoms with Gasteiger partial charge in [-0.25, -0.2) is 4.98 Å². The van der Waals surface area contributed by atoms with Crippen molar-refractivity contribution in [1.82, 2.24) is 4.98 Å². The Kier molecular flexibility index (Phi) is 5.24. The molecule has 2 aromatic carbocycles.